The Morgan fingerprint density at radius 1 is 1.03 bits per heavy atom. The van der Waals surface area contributed by atoms with Crippen LogP contribution >= 0.6 is 12.4 Å². The summed E-state index contributed by atoms with van der Waals surface area (Å²) < 4.78 is 43.0. The largest absolute Gasteiger partial charge is 0.480 e. The molecule has 196 valence electrons. The Morgan fingerprint density at radius 3 is 2.36 bits per heavy atom. The number of aromatic nitrogens is 2. The van der Waals surface area contributed by atoms with Crippen LogP contribution in [-0.4, -0.2) is 62.7 Å². The molecule has 1 unspecified atom stereocenters. The van der Waals surface area contributed by atoms with Crippen LogP contribution < -0.4 is 0 Å². The van der Waals surface area contributed by atoms with Crippen LogP contribution in [0.2, 0.25) is 0 Å². The molecule has 3 fully saturated rings. The molecule has 0 bridgehead atoms. The first-order valence-corrected chi connectivity index (χ1v) is 12.2. The first kappa shape index (κ1) is 26.5. The summed E-state index contributed by atoms with van der Waals surface area (Å²) in [5, 5.41) is 13.6. The van der Waals surface area contributed by atoms with Crippen LogP contribution in [0.1, 0.15) is 83.7 Å². The van der Waals surface area contributed by atoms with Crippen molar-refractivity contribution in [2.45, 2.75) is 62.7 Å². The zero-order valence-electron chi connectivity index (χ0n) is 19.8. The molecule has 3 aliphatic rings. The highest BCUT2D eigenvalue weighted by Gasteiger charge is 2.41. The van der Waals surface area contributed by atoms with E-state index in [0.717, 1.165) is 37.4 Å². The number of piperidine rings is 1. The summed E-state index contributed by atoms with van der Waals surface area (Å²) in [6.07, 6.45) is 1.67. The van der Waals surface area contributed by atoms with Gasteiger partial charge in [-0.25, -0.2) is 0 Å². The third-order valence-corrected chi connectivity index (χ3v) is 7.43. The first-order chi connectivity index (χ1) is 16.7. The lowest BCUT2D eigenvalue weighted by Gasteiger charge is -2.32. The molecule has 36 heavy (non-hydrogen) atoms. The fraction of sp³-hybridized carbons (Fsp3) is 0.560. The molecule has 1 aliphatic carbocycles. The Labute approximate surface area is 213 Å². The molecule has 2 saturated heterocycles. The molecule has 0 radical (unpaired) electrons. The molecule has 5 rings (SSSR count). The van der Waals surface area contributed by atoms with Gasteiger partial charge in [-0.05, 0) is 50.2 Å². The summed E-state index contributed by atoms with van der Waals surface area (Å²) in [6.45, 7) is 1.72. The van der Waals surface area contributed by atoms with Crippen LogP contribution in [0.3, 0.4) is 0 Å². The van der Waals surface area contributed by atoms with Gasteiger partial charge >= 0.3 is 12.1 Å². The zero-order valence-corrected chi connectivity index (χ0v) is 20.6. The number of amides is 1. The van der Waals surface area contributed by atoms with Gasteiger partial charge in [0.2, 0.25) is 0 Å². The number of carbonyl (C=O) groups is 2. The smallest absolute Gasteiger partial charge is 0.416 e. The molecule has 1 aromatic carbocycles. The fourth-order valence-corrected chi connectivity index (χ4v) is 5.64. The second-order valence-electron chi connectivity index (χ2n) is 9.80. The predicted octanol–water partition coefficient (Wildman–Crippen LogP) is 4.90. The molecule has 1 aromatic heterocycles. The van der Waals surface area contributed by atoms with Gasteiger partial charge in [0, 0.05) is 25.6 Å². The van der Waals surface area contributed by atoms with Crippen molar-refractivity contribution in [1.29, 1.82) is 0 Å². The molecule has 7 nitrogen and oxygen atoms in total. The molecule has 11 heteroatoms. The van der Waals surface area contributed by atoms with Gasteiger partial charge in [0.15, 0.2) is 0 Å². The van der Waals surface area contributed by atoms with Crippen molar-refractivity contribution in [2.75, 3.05) is 26.2 Å². The number of benzene rings is 1. The molecule has 2 aliphatic heterocycles. The lowest BCUT2D eigenvalue weighted by Crippen LogP contribution is -2.38. The lowest BCUT2D eigenvalue weighted by molar-refractivity contribution is -0.139. The average Bonchev–Trinajstić information content (AvgIpc) is 3.37. The van der Waals surface area contributed by atoms with Crippen LogP contribution in [0.15, 0.2) is 30.5 Å². The number of carboxylic acids is 1. The first-order valence-electron chi connectivity index (χ1n) is 12.2. The maximum absolute atomic E-state index is 13.7. The molecule has 3 heterocycles. The Morgan fingerprint density at radius 2 is 1.72 bits per heavy atom. The minimum Gasteiger partial charge on any atom is -0.480 e. The molecule has 0 spiro atoms. The number of alkyl halides is 3. The van der Waals surface area contributed by atoms with Crippen molar-refractivity contribution in [3.05, 3.63) is 52.8 Å². The van der Waals surface area contributed by atoms with Gasteiger partial charge in [-0.1, -0.05) is 18.2 Å². The second-order valence-corrected chi connectivity index (χ2v) is 9.80. The Bertz CT molecular complexity index is 1110. The summed E-state index contributed by atoms with van der Waals surface area (Å²) in [4.78, 5) is 28.2. The molecular weight excluding hydrogens is 497 g/mol. The molecule has 1 amide bonds. The van der Waals surface area contributed by atoms with E-state index in [1.807, 2.05) is 9.58 Å². The van der Waals surface area contributed by atoms with Gasteiger partial charge in [0.25, 0.3) is 5.91 Å². The van der Waals surface area contributed by atoms with E-state index in [0.29, 0.717) is 38.0 Å². The number of halogens is 4. The van der Waals surface area contributed by atoms with Gasteiger partial charge in [-0.3, -0.25) is 19.2 Å². The predicted molar refractivity (Wildman–Crippen MR) is 128 cm³/mol. The lowest BCUT2D eigenvalue weighted by atomic mass is 9.97. The van der Waals surface area contributed by atoms with Gasteiger partial charge in [0.1, 0.15) is 0 Å². The van der Waals surface area contributed by atoms with E-state index in [1.54, 1.807) is 17.2 Å². The summed E-state index contributed by atoms with van der Waals surface area (Å²) in [6, 6.07) is 5.00. The summed E-state index contributed by atoms with van der Waals surface area (Å²) in [7, 11) is 0. The van der Waals surface area contributed by atoms with Crippen molar-refractivity contribution in [2.24, 2.45) is 0 Å². The third kappa shape index (κ3) is 5.25. The normalized spacial score (nSPS) is 21.4. The van der Waals surface area contributed by atoms with E-state index in [4.69, 9.17) is 5.11 Å². The van der Waals surface area contributed by atoms with E-state index in [2.05, 4.69) is 5.10 Å². The number of rotatable bonds is 6. The Balaban J connectivity index is 0.00000304. The van der Waals surface area contributed by atoms with Crippen molar-refractivity contribution in [3.8, 4) is 0 Å². The number of carboxylic acid groups (broad SMARTS) is 1. The van der Waals surface area contributed by atoms with E-state index < -0.39 is 23.8 Å². The van der Waals surface area contributed by atoms with Gasteiger partial charge < -0.3 is 10.0 Å². The standard InChI is InChI=1S/C25H29F3N4O3.ClH/c26-25(27,28)20-5-2-1-4-18(20)21-6-3-11-31(21)24(35)19-14-29-32(23(19)16-7-8-16)17-9-12-30(13-10-17)15-22(33)34;/h1-2,4-5,14,16-17,21H,3,6-13,15H2,(H,33,34);1H. The molecular formula is C25H30ClF3N4O3. The number of hydrogen-bond acceptors (Lipinski definition) is 4. The fourth-order valence-electron chi connectivity index (χ4n) is 5.64. The number of aliphatic carboxylic acids is 1. The van der Waals surface area contributed by atoms with Gasteiger partial charge in [-0.15, -0.1) is 12.4 Å². The van der Waals surface area contributed by atoms with Crippen molar-refractivity contribution >= 4 is 24.3 Å². The Hall–Kier alpha value is -2.59. The summed E-state index contributed by atoms with van der Waals surface area (Å²) in [5.41, 5.74) is 0.853. The molecule has 1 saturated carbocycles. The quantitative estimate of drug-likeness (QED) is 0.579. The number of nitrogens with zero attached hydrogens (tertiary/aromatic N) is 4. The average molecular weight is 527 g/mol. The Kier molecular flexibility index (Phi) is 7.66. The van der Waals surface area contributed by atoms with Gasteiger partial charge in [-0.2, -0.15) is 18.3 Å². The van der Waals surface area contributed by atoms with E-state index >= 15 is 0 Å². The number of likely N-dealkylation sites (tertiary alicyclic amines) is 2. The van der Waals surface area contributed by atoms with Crippen molar-refractivity contribution in [3.63, 3.8) is 0 Å². The van der Waals surface area contributed by atoms with Gasteiger partial charge in [0.05, 0.1) is 41.6 Å². The van der Waals surface area contributed by atoms with E-state index in [9.17, 15) is 22.8 Å². The number of carbonyl (C=O) groups excluding carboxylic acids is 1. The SMILES string of the molecule is Cl.O=C(O)CN1CCC(n2ncc(C(=O)N3CCCC3c3ccccc3C(F)(F)F)c2C2CC2)CC1. The summed E-state index contributed by atoms with van der Waals surface area (Å²) in [5.74, 6) is -0.862. The molecule has 2 aromatic rings. The highest BCUT2D eigenvalue weighted by molar-refractivity contribution is 5.96. The second kappa shape index (κ2) is 10.4. The van der Waals surface area contributed by atoms with Crippen LogP contribution in [0.4, 0.5) is 13.2 Å². The van der Waals surface area contributed by atoms with Crippen molar-refractivity contribution < 1.29 is 27.9 Å². The van der Waals surface area contributed by atoms with Crippen LogP contribution in [0, 0.1) is 0 Å². The van der Waals surface area contributed by atoms with Crippen molar-refractivity contribution in [1.82, 2.24) is 19.6 Å². The third-order valence-electron chi connectivity index (χ3n) is 7.43. The van der Waals surface area contributed by atoms with E-state index in [1.165, 1.54) is 12.1 Å². The molecule has 1 N–H and O–H groups in total. The minimum absolute atomic E-state index is 0. The highest BCUT2D eigenvalue weighted by Crippen LogP contribution is 2.45. The van der Waals surface area contributed by atoms with Crippen LogP contribution in [0.5, 0.6) is 0 Å². The number of hydrogen-bond donors (Lipinski definition) is 1. The van der Waals surface area contributed by atoms with E-state index in [-0.39, 0.29) is 42.4 Å². The maximum atomic E-state index is 13.7. The van der Waals surface area contributed by atoms with Crippen LogP contribution in [-0.2, 0) is 11.0 Å². The summed E-state index contributed by atoms with van der Waals surface area (Å²) >= 11 is 0. The maximum Gasteiger partial charge on any atom is 0.416 e. The van der Waals surface area contributed by atoms with Crippen LogP contribution in [0.25, 0.3) is 0 Å². The minimum atomic E-state index is -4.48. The zero-order chi connectivity index (χ0) is 24.7. The molecule has 1 atom stereocenters. The topological polar surface area (TPSA) is 78.7 Å². The monoisotopic (exact) mass is 526 g/mol. The highest BCUT2D eigenvalue weighted by atomic mass is 35.5.